The van der Waals surface area contributed by atoms with Gasteiger partial charge in [0.1, 0.15) is 0 Å². The van der Waals surface area contributed by atoms with Crippen molar-refractivity contribution in [2.24, 2.45) is 5.73 Å². The minimum Gasteiger partial charge on any atom is -0.411 e. The summed E-state index contributed by atoms with van der Waals surface area (Å²) in [6.45, 7) is 1.74. The molecule has 1 atom stereocenters. The lowest BCUT2D eigenvalue weighted by Crippen LogP contribution is -2.22. The predicted molar refractivity (Wildman–Crippen MR) is 98.6 cm³/mol. The number of thioether (sulfide) groups is 1. The largest absolute Gasteiger partial charge is 0.411 e. The maximum absolute atomic E-state index is 12.3. The smallest absolute Gasteiger partial charge is 0.277 e. The van der Waals surface area contributed by atoms with E-state index in [9.17, 15) is 9.59 Å². The fourth-order valence-corrected chi connectivity index (χ4v) is 2.80. The van der Waals surface area contributed by atoms with Gasteiger partial charge in [-0.1, -0.05) is 30.0 Å². The van der Waals surface area contributed by atoms with Crippen LogP contribution in [-0.2, 0) is 4.79 Å². The lowest BCUT2D eigenvalue weighted by Gasteiger charge is -2.10. The number of rotatable bonds is 6. The molecule has 0 spiro atoms. The van der Waals surface area contributed by atoms with Crippen LogP contribution in [0.25, 0.3) is 11.5 Å². The summed E-state index contributed by atoms with van der Waals surface area (Å²) >= 11 is 1.17. The van der Waals surface area contributed by atoms with Crippen LogP contribution in [0.1, 0.15) is 17.3 Å². The number of nitrogens with one attached hydrogen (secondary N) is 1. The Bertz CT molecular complexity index is 910. The molecule has 26 heavy (non-hydrogen) atoms. The van der Waals surface area contributed by atoms with Gasteiger partial charge in [-0.15, -0.1) is 10.2 Å². The molecule has 0 aliphatic carbocycles. The molecule has 2 aromatic carbocycles. The summed E-state index contributed by atoms with van der Waals surface area (Å²) < 4.78 is 5.59. The molecule has 1 aromatic heterocycles. The van der Waals surface area contributed by atoms with Gasteiger partial charge >= 0.3 is 0 Å². The monoisotopic (exact) mass is 368 g/mol. The average Bonchev–Trinajstić information content (AvgIpc) is 3.11. The normalized spacial score (nSPS) is 11.7. The van der Waals surface area contributed by atoms with Gasteiger partial charge < -0.3 is 15.5 Å². The molecule has 2 amide bonds. The summed E-state index contributed by atoms with van der Waals surface area (Å²) in [5.74, 6) is -0.332. The van der Waals surface area contributed by atoms with Gasteiger partial charge in [0.15, 0.2) is 0 Å². The van der Waals surface area contributed by atoms with Crippen LogP contribution in [-0.4, -0.2) is 27.3 Å². The van der Waals surface area contributed by atoms with E-state index in [4.69, 9.17) is 10.2 Å². The number of nitrogens with zero attached hydrogens (tertiary/aromatic N) is 2. The van der Waals surface area contributed by atoms with Crippen LogP contribution in [0.15, 0.2) is 64.2 Å². The second kappa shape index (κ2) is 7.83. The highest BCUT2D eigenvalue weighted by Crippen LogP contribution is 2.26. The van der Waals surface area contributed by atoms with Gasteiger partial charge in [0.05, 0.1) is 5.25 Å². The second-order valence-corrected chi connectivity index (χ2v) is 6.72. The Morgan fingerprint density at radius 1 is 1.08 bits per heavy atom. The van der Waals surface area contributed by atoms with E-state index < -0.39 is 11.2 Å². The van der Waals surface area contributed by atoms with Crippen molar-refractivity contribution in [3.05, 3.63) is 60.2 Å². The average molecular weight is 368 g/mol. The summed E-state index contributed by atoms with van der Waals surface area (Å²) in [5, 5.41) is 10.6. The molecule has 0 bridgehead atoms. The summed E-state index contributed by atoms with van der Waals surface area (Å²) in [4.78, 5) is 23.4. The third-order valence-electron chi connectivity index (χ3n) is 3.51. The van der Waals surface area contributed by atoms with Crippen LogP contribution in [0.4, 0.5) is 5.69 Å². The highest BCUT2D eigenvalue weighted by Gasteiger charge is 2.19. The van der Waals surface area contributed by atoms with Gasteiger partial charge in [0.2, 0.25) is 17.7 Å². The quantitative estimate of drug-likeness (QED) is 0.647. The lowest BCUT2D eigenvalue weighted by atomic mass is 10.2. The number of hydrogen-bond donors (Lipinski definition) is 2. The molecule has 0 saturated carbocycles. The third kappa shape index (κ3) is 4.28. The summed E-state index contributed by atoms with van der Waals surface area (Å²) in [6.07, 6.45) is 0. The molecule has 0 aliphatic rings. The zero-order valence-electron chi connectivity index (χ0n) is 13.9. The molecule has 0 aliphatic heterocycles. The Morgan fingerprint density at radius 2 is 1.77 bits per heavy atom. The zero-order chi connectivity index (χ0) is 18.5. The Balaban J connectivity index is 1.61. The van der Waals surface area contributed by atoms with E-state index in [1.807, 2.05) is 30.3 Å². The molecule has 3 aromatic rings. The molecule has 1 heterocycles. The van der Waals surface area contributed by atoms with Gasteiger partial charge in [-0.2, -0.15) is 0 Å². The summed E-state index contributed by atoms with van der Waals surface area (Å²) in [7, 11) is 0. The van der Waals surface area contributed by atoms with E-state index in [1.165, 1.54) is 11.8 Å². The maximum atomic E-state index is 12.3. The molecule has 3 N–H and O–H groups in total. The van der Waals surface area contributed by atoms with E-state index in [2.05, 4.69) is 15.5 Å². The Kier molecular flexibility index (Phi) is 5.33. The highest BCUT2D eigenvalue weighted by molar-refractivity contribution is 8.00. The molecule has 0 saturated heterocycles. The highest BCUT2D eigenvalue weighted by atomic mass is 32.2. The number of carbonyl (C=O) groups excluding carboxylic acids is 2. The lowest BCUT2D eigenvalue weighted by molar-refractivity contribution is -0.115. The topological polar surface area (TPSA) is 111 Å². The number of nitrogens with two attached hydrogens (primary N) is 1. The number of benzene rings is 2. The van der Waals surface area contributed by atoms with Gasteiger partial charge in [0.25, 0.3) is 5.22 Å². The van der Waals surface area contributed by atoms with E-state index >= 15 is 0 Å². The number of amides is 2. The van der Waals surface area contributed by atoms with Crippen molar-refractivity contribution in [3.8, 4) is 11.5 Å². The SMILES string of the molecule is CC(Sc1nnc(-c2ccccc2)o1)C(=O)Nc1ccc(C(N)=O)cc1. The zero-order valence-corrected chi connectivity index (χ0v) is 14.7. The summed E-state index contributed by atoms with van der Waals surface area (Å²) in [6, 6.07) is 15.8. The van der Waals surface area contributed by atoms with Crippen LogP contribution in [0.3, 0.4) is 0 Å². The number of carbonyl (C=O) groups is 2. The Morgan fingerprint density at radius 3 is 2.42 bits per heavy atom. The third-order valence-corrected chi connectivity index (χ3v) is 4.45. The van der Waals surface area contributed by atoms with Crippen molar-refractivity contribution >= 4 is 29.3 Å². The molecule has 132 valence electrons. The van der Waals surface area contributed by atoms with Crippen LogP contribution >= 0.6 is 11.8 Å². The first-order valence-corrected chi connectivity index (χ1v) is 8.67. The predicted octanol–water partition coefficient (Wildman–Crippen LogP) is 2.95. The number of hydrogen-bond acceptors (Lipinski definition) is 6. The first-order valence-electron chi connectivity index (χ1n) is 7.79. The van der Waals surface area contributed by atoms with Gasteiger partial charge in [0, 0.05) is 16.8 Å². The minimum absolute atomic E-state index is 0.221. The van der Waals surface area contributed by atoms with Crippen molar-refractivity contribution < 1.29 is 14.0 Å². The van der Waals surface area contributed by atoms with Crippen LogP contribution in [0, 0.1) is 0 Å². The van der Waals surface area contributed by atoms with Crippen molar-refractivity contribution in [1.82, 2.24) is 10.2 Å². The Labute approximate surface area is 154 Å². The molecular formula is C18H16N4O3S. The van der Waals surface area contributed by atoms with E-state index in [1.54, 1.807) is 31.2 Å². The standard InChI is InChI=1S/C18H16N4O3S/c1-11(16(24)20-14-9-7-12(8-10-14)15(19)23)26-18-22-21-17(25-18)13-5-3-2-4-6-13/h2-11H,1H3,(H2,19,23)(H,20,24). The van der Waals surface area contributed by atoms with E-state index in [0.29, 0.717) is 22.4 Å². The van der Waals surface area contributed by atoms with E-state index in [0.717, 1.165) is 5.56 Å². The van der Waals surface area contributed by atoms with Gasteiger partial charge in [-0.25, -0.2) is 0 Å². The van der Waals surface area contributed by atoms with Gasteiger partial charge in [-0.05, 0) is 43.3 Å². The summed E-state index contributed by atoms with van der Waals surface area (Å²) in [5.41, 5.74) is 6.96. The van der Waals surface area contributed by atoms with Crippen molar-refractivity contribution in [1.29, 1.82) is 0 Å². The van der Waals surface area contributed by atoms with Crippen molar-refractivity contribution in [2.45, 2.75) is 17.4 Å². The van der Waals surface area contributed by atoms with Crippen molar-refractivity contribution in [3.63, 3.8) is 0 Å². The molecule has 3 rings (SSSR count). The van der Waals surface area contributed by atoms with Crippen LogP contribution in [0.2, 0.25) is 0 Å². The molecule has 8 heteroatoms. The van der Waals surface area contributed by atoms with Crippen LogP contribution in [0.5, 0.6) is 0 Å². The van der Waals surface area contributed by atoms with Crippen molar-refractivity contribution in [2.75, 3.05) is 5.32 Å². The maximum Gasteiger partial charge on any atom is 0.277 e. The van der Waals surface area contributed by atoms with E-state index in [-0.39, 0.29) is 5.91 Å². The first kappa shape index (κ1) is 17.7. The number of primary amides is 1. The molecule has 0 fully saturated rings. The first-order chi connectivity index (χ1) is 12.5. The fraction of sp³-hybridized carbons (Fsp3) is 0.111. The molecular weight excluding hydrogens is 352 g/mol. The second-order valence-electron chi connectivity index (χ2n) is 5.43. The minimum atomic E-state index is -0.516. The molecule has 0 radical (unpaired) electrons. The molecule has 7 nitrogen and oxygen atoms in total. The fourth-order valence-electron chi connectivity index (χ4n) is 2.12. The number of aromatic nitrogens is 2. The van der Waals surface area contributed by atoms with Gasteiger partial charge in [-0.3, -0.25) is 9.59 Å². The molecule has 1 unspecified atom stereocenters. The Hall–Kier alpha value is -3.13. The van der Waals surface area contributed by atoms with Crippen LogP contribution < -0.4 is 11.1 Å². The number of anilines is 1.